The third-order valence-electron chi connectivity index (χ3n) is 3.86. The number of aromatic nitrogens is 3. The first-order chi connectivity index (χ1) is 11.6. The van der Waals surface area contributed by atoms with Crippen molar-refractivity contribution in [2.45, 2.75) is 6.04 Å². The van der Waals surface area contributed by atoms with Gasteiger partial charge in [0.25, 0.3) is 0 Å². The Balaban J connectivity index is 1.87. The van der Waals surface area contributed by atoms with Crippen molar-refractivity contribution in [1.82, 2.24) is 14.8 Å². The van der Waals surface area contributed by atoms with Gasteiger partial charge in [-0.25, -0.2) is 4.68 Å². The van der Waals surface area contributed by atoms with Crippen LogP contribution in [0.1, 0.15) is 17.2 Å². The molecule has 24 heavy (non-hydrogen) atoms. The fourth-order valence-corrected chi connectivity index (χ4v) is 3.48. The van der Waals surface area contributed by atoms with Gasteiger partial charge in [-0.3, -0.25) is 0 Å². The van der Waals surface area contributed by atoms with Crippen LogP contribution in [0.2, 0.25) is 15.1 Å². The van der Waals surface area contributed by atoms with Gasteiger partial charge in [-0.05, 0) is 35.9 Å². The zero-order valence-electron chi connectivity index (χ0n) is 12.2. The highest BCUT2D eigenvalue weighted by molar-refractivity contribution is 6.36. The molecular weight excluding hydrogens is 367 g/mol. The molecule has 0 radical (unpaired) electrons. The Morgan fingerprint density at radius 2 is 1.67 bits per heavy atom. The van der Waals surface area contributed by atoms with Crippen LogP contribution in [-0.2, 0) is 0 Å². The average Bonchev–Trinajstić information content (AvgIpc) is 3.04. The van der Waals surface area contributed by atoms with E-state index in [-0.39, 0.29) is 6.04 Å². The molecule has 4 rings (SSSR count). The minimum absolute atomic E-state index is 0.254. The van der Waals surface area contributed by atoms with Crippen LogP contribution >= 0.6 is 34.8 Å². The topological polar surface area (TPSA) is 42.7 Å². The fourth-order valence-electron chi connectivity index (χ4n) is 2.73. The third kappa shape index (κ3) is 2.67. The number of hydrogen-bond acceptors (Lipinski definition) is 3. The molecule has 0 unspecified atom stereocenters. The molecule has 1 aliphatic rings. The molecule has 1 aromatic heterocycles. The molecular formula is C17H11Cl3N4. The molecule has 0 bridgehead atoms. The fraction of sp³-hybridized carbons (Fsp3) is 0.0588. The van der Waals surface area contributed by atoms with Gasteiger partial charge in [0.1, 0.15) is 12.4 Å². The van der Waals surface area contributed by atoms with Crippen molar-refractivity contribution >= 4 is 46.4 Å². The van der Waals surface area contributed by atoms with Crippen LogP contribution < -0.4 is 5.32 Å². The van der Waals surface area contributed by atoms with E-state index in [1.54, 1.807) is 4.68 Å². The molecule has 3 aromatic rings. The number of nitrogens with zero attached hydrogens (tertiary/aromatic N) is 3. The van der Waals surface area contributed by atoms with Crippen LogP contribution in [0.5, 0.6) is 0 Å². The third-order valence-corrected chi connectivity index (χ3v) is 4.77. The van der Waals surface area contributed by atoms with Gasteiger partial charge in [0.15, 0.2) is 0 Å². The molecule has 0 fully saturated rings. The van der Waals surface area contributed by atoms with Crippen LogP contribution in [0.15, 0.2) is 54.9 Å². The number of anilines is 1. The summed E-state index contributed by atoms with van der Waals surface area (Å²) in [4.78, 5) is 4.27. The van der Waals surface area contributed by atoms with Gasteiger partial charge in [-0.1, -0.05) is 53.0 Å². The minimum atomic E-state index is -0.254. The van der Waals surface area contributed by atoms with Gasteiger partial charge >= 0.3 is 0 Å². The highest BCUT2D eigenvalue weighted by atomic mass is 35.5. The predicted octanol–water partition coefficient (Wildman–Crippen LogP) is 5.29. The number of fused-ring (bicyclic) bond motifs is 1. The summed E-state index contributed by atoms with van der Waals surface area (Å²) >= 11 is 18.8. The molecule has 120 valence electrons. The zero-order valence-corrected chi connectivity index (χ0v) is 14.5. The van der Waals surface area contributed by atoms with Crippen molar-refractivity contribution < 1.29 is 0 Å². The van der Waals surface area contributed by atoms with E-state index in [0.29, 0.717) is 21.0 Å². The second kappa shape index (κ2) is 6.13. The van der Waals surface area contributed by atoms with Crippen molar-refractivity contribution in [3.05, 3.63) is 81.1 Å². The summed E-state index contributed by atoms with van der Waals surface area (Å²) in [6.45, 7) is 0. The Kier molecular flexibility index (Phi) is 3.96. The summed E-state index contributed by atoms with van der Waals surface area (Å²) in [6.07, 6.45) is 3.52. The summed E-state index contributed by atoms with van der Waals surface area (Å²) < 4.78 is 1.76. The maximum atomic E-state index is 6.40. The second-order valence-electron chi connectivity index (χ2n) is 5.32. The van der Waals surface area contributed by atoms with Gasteiger partial charge in [-0.2, -0.15) is 10.1 Å². The second-order valence-corrected chi connectivity index (χ2v) is 6.57. The molecule has 0 amide bonds. The molecule has 7 heteroatoms. The van der Waals surface area contributed by atoms with Crippen LogP contribution in [0.4, 0.5) is 5.95 Å². The van der Waals surface area contributed by atoms with Gasteiger partial charge in [-0.15, -0.1) is 0 Å². The lowest BCUT2D eigenvalue weighted by Crippen LogP contribution is -2.20. The maximum absolute atomic E-state index is 6.40. The lowest BCUT2D eigenvalue weighted by atomic mass is 10.0. The molecule has 4 nitrogen and oxygen atoms in total. The summed E-state index contributed by atoms with van der Waals surface area (Å²) in [5.41, 5.74) is 2.68. The monoisotopic (exact) mass is 376 g/mol. The Morgan fingerprint density at radius 3 is 2.38 bits per heavy atom. The summed E-state index contributed by atoms with van der Waals surface area (Å²) in [5, 5.41) is 9.43. The SMILES string of the molecule is Clc1ccc(C2=C[C@H](c3c(Cl)cccc3Cl)n3ncnc3N2)cc1. The summed E-state index contributed by atoms with van der Waals surface area (Å²) in [6, 6.07) is 12.8. The summed E-state index contributed by atoms with van der Waals surface area (Å²) in [7, 11) is 0. The number of hydrogen-bond donors (Lipinski definition) is 1. The smallest absolute Gasteiger partial charge is 0.226 e. The minimum Gasteiger partial charge on any atom is -0.324 e. The molecule has 1 N–H and O–H groups in total. The van der Waals surface area contributed by atoms with Crippen molar-refractivity contribution in [2.75, 3.05) is 5.32 Å². The number of nitrogens with one attached hydrogen (secondary N) is 1. The highest BCUT2D eigenvalue weighted by Gasteiger charge is 2.26. The average molecular weight is 378 g/mol. The van der Waals surface area contributed by atoms with Gasteiger partial charge < -0.3 is 5.32 Å². The molecule has 0 spiro atoms. The Hall–Kier alpha value is -2.01. The predicted molar refractivity (Wildman–Crippen MR) is 97.7 cm³/mol. The first kappa shape index (κ1) is 15.5. The van der Waals surface area contributed by atoms with Crippen LogP contribution in [0.25, 0.3) is 5.70 Å². The van der Waals surface area contributed by atoms with Crippen LogP contribution in [0, 0.1) is 0 Å². The molecule has 0 aliphatic carbocycles. The first-order valence-electron chi connectivity index (χ1n) is 7.21. The van der Waals surface area contributed by atoms with E-state index in [9.17, 15) is 0 Å². The van der Waals surface area contributed by atoms with E-state index in [2.05, 4.69) is 15.4 Å². The van der Waals surface area contributed by atoms with E-state index in [4.69, 9.17) is 34.8 Å². The van der Waals surface area contributed by atoms with Gasteiger partial charge in [0.05, 0.1) is 0 Å². The lowest BCUT2D eigenvalue weighted by Gasteiger charge is -2.25. The molecule has 2 heterocycles. The Morgan fingerprint density at radius 1 is 0.958 bits per heavy atom. The van der Waals surface area contributed by atoms with Gasteiger partial charge in [0, 0.05) is 26.3 Å². The van der Waals surface area contributed by atoms with Crippen LogP contribution in [-0.4, -0.2) is 14.8 Å². The summed E-state index contributed by atoms with van der Waals surface area (Å²) in [5.74, 6) is 0.628. The van der Waals surface area contributed by atoms with E-state index in [1.165, 1.54) is 6.33 Å². The number of allylic oxidation sites excluding steroid dienone is 1. The largest absolute Gasteiger partial charge is 0.324 e. The van der Waals surface area contributed by atoms with E-state index < -0.39 is 0 Å². The standard InChI is InChI=1S/C17H11Cl3N4/c18-11-6-4-10(5-7-11)14-8-15(24-17(23-14)21-9-22-24)16-12(19)2-1-3-13(16)20/h1-9,15H,(H,21,22,23)/t15-/m1/s1. The molecule has 0 saturated carbocycles. The first-order valence-corrected chi connectivity index (χ1v) is 8.35. The zero-order chi connectivity index (χ0) is 16.7. The van der Waals surface area contributed by atoms with Crippen LogP contribution in [0.3, 0.4) is 0 Å². The van der Waals surface area contributed by atoms with Crippen molar-refractivity contribution in [3.8, 4) is 0 Å². The van der Waals surface area contributed by atoms with E-state index in [0.717, 1.165) is 16.8 Å². The van der Waals surface area contributed by atoms with E-state index in [1.807, 2.05) is 48.5 Å². The molecule has 0 saturated heterocycles. The number of rotatable bonds is 2. The van der Waals surface area contributed by atoms with Gasteiger partial charge in [0.2, 0.25) is 5.95 Å². The highest BCUT2D eigenvalue weighted by Crippen LogP contribution is 2.38. The van der Waals surface area contributed by atoms with Crippen molar-refractivity contribution in [3.63, 3.8) is 0 Å². The maximum Gasteiger partial charge on any atom is 0.226 e. The lowest BCUT2D eigenvalue weighted by molar-refractivity contribution is 0.612. The van der Waals surface area contributed by atoms with E-state index >= 15 is 0 Å². The Bertz CT molecular complexity index is 911. The van der Waals surface area contributed by atoms with Crippen molar-refractivity contribution in [2.24, 2.45) is 0 Å². The number of benzene rings is 2. The normalized spacial score (nSPS) is 16.3. The Labute approximate surface area is 153 Å². The van der Waals surface area contributed by atoms with Crippen molar-refractivity contribution in [1.29, 1.82) is 0 Å². The molecule has 1 atom stereocenters. The molecule has 2 aromatic carbocycles. The quantitative estimate of drug-likeness (QED) is 0.659. The number of halogens is 3. The molecule has 1 aliphatic heterocycles.